The maximum atomic E-state index is 13.5. The molecule has 0 bridgehead atoms. The molecule has 4 rings (SSSR count). The molecule has 5 nitrogen and oxygen atoms in total. The molecular formula is C25H30N2O3S. The SMILES string of the molecule is COC(=O)CCCC[C@@H]1SC[C@H]2[C@@H]1N(Cc1ccccc1)C(=O)N2Cc1ccccc1. The molecule has 3 atom stereocenters. The van der Waals surface area contributed by atoms with Crippen molar-refractivity contribution in [3.63, 3.8) is 0 Å². The largest absolute Gasteiger partial charge is 0.469 e. The molecule has 6 heteroatoms. The van der Waals surface area contributed by atoms with Crippen molar-refractivity contribution >= 4 is 23.8 Å². The minimum absolute atomic E-state index is 0.141. The lowest BCUT2D eigenvalue weighted by Gasteiger charge is -2.27. The van der Waals surface area contributed by atoms with Gasteiger partial charge in [-0.1, -0.05) is 67.1 Å². The highest BCUT2D eigenvalue weighted by atomic mass is 32.2. The van der Waals surface area contributed by atoms with E-state index in [0.717, 1.165) is 30.6 Å². The molecule has 2 aliphatic heterocycles. The second kappa shape index (κ2) is 10.2. The van der Waals surface area contributed by atoms with Gasteiger partial charge >= 0.3 is 12.0 Å². The fraction of sp³-hybridized carbons (Fsp3) is 0.440. The normalized spacial score (nSPS) is 22.6. The van der Waals surface area contributed by atoms with Crippen LogP contribution in [0, 0.1) is 0 Å². The standard InChI is InChI=1S/C25H30N2O3S/c1-30-23(28)15-9-8-14-22-24-21(18-31-22)26(16-19-10-4-2-5-11-19)25(29)27(24)17-20-12-6-3-7-13-20/h2-7,10-13,21-22,24H,8-9,14-18H2,1H3/t21-,22-,24-/m0/s1. The zero-order valence-corrected chi connectivity index (χ0v) is 18.8. The van der Waals surface area contributed by atoms with Crippen LogP contribution in [0.1, 0.15) is 36.8 Å². The Hall–Kier alpha value is -2.47. The minimum atomic E-state index is -0.146. The summed E-state index contributed by atoms with van der Waals surface area (Å²) in [6, 6.07) is 21.1. The van der Waals surface area contributed by atoms with Gasteiger partial charge in [0.2, 0.25) is 0 Å². The van der Waals surface area contributed by atoms with Gasteiger partial charge in [-0.2, -0.15) is 11.8 Å². The number of thioether (sulfide) groups is 1. The third-order valence-electron chi connectivity index (χ3n) is 6.25. The average Bonchev–Trinajstić information content (AvgIpc) is 3.32. The maximum Gasteiger partial charge on any atom is 0.321 e. The van der Waals surface area contributed by atoms with Crippen LogP contribution >= 0.6 is 11.8 Å². The molecule has 2 aromatic carbocycles. The van der Waals surface area contributed by atoms with Crippen LogP contribution in [0.15, 0.2) is 60.7 Å². The lowest BCUT2D eigenvalue weighted by atomic mass is 10.0. The molecule has 0 N–H and O–H groups in total. The summed E-state index contributed by atoms with van der Waals surface area (Å²) in [5.41, 5.74) is 2.33. The molecule has 31 heavy (non-hydrogen) atoms. The minimum Gasteiger partial charge on any atom is -0.469 e. The first-order chi connectivity index (χ1) is 15.2. The highest BCUT2D eigenvalue weighted by Crippen LogP contribution is 2.42. The van der Waals surface area contributed by atoms with Crippen molar-refractivity contribution in [2.24, 2.45) is 0 Å². The zero-order chi connectivity index (χ0) is 21.6. The van der Waals surface area contributed by atoms with Gasteiger partial charge in [-0.3, -0.25) is 4.79 Å². The smallest absolute Gasteiger partial charge is 0.321 e. The molecule has 0 radical (unpaired) electrons. The van der Waals surface area contributed by atoms with Crippen LogP contribution < -0.4 is 0 Å². The quantitative estimate of drug-likeness (QED) is 0.323. The van der Waals surface area contributed by atoms with Crippen LogP contribution in [-0.4, -0.2) is 52.0 Å². The van der Waals surface area contributed by atoms with Crippen molar-refractivity contribution in [2.45, 2.75) is 56.1 Å². The Morgan fingerprint density at radius 1 is 0.968 bits per heavy atom. The number of hydrogen-bond donors (Lipinski definition) is 0. The first-order valence-electron chi connectivity index (χ1n) is 11.0. The number of amides is 2. The number of carbonyl (C=O) groups excluding carboxylic acids is 2. The number of methoxy groups -OCH3 is 1. The summed E-state index contributed by atoms with van der Waals surface area (Å²) < 4.78 is 4.76. The van der Waals surface area contributed by atoms with Crippen LogP contribution in [-0.2, 0) is 22.6 Å². The molecule has 2 saturated heterocycles. The average molecular weight is 439 g/mol. The van der Waals surface area contributed by atoms with Crippen LogP contribution in [0.3, 0.4) is 0 Å². The molecular weight excluding hydrogens is 408 g/mol. The topological polar surface area (TPSA) is 49.9 Å². The fourth-order valence-corrected chi connectivity index (χ4v) is 6.35. The van der Waals surface area contributed by atoms with E-state index in [0.29, 0.717) is 24.8 Å². The van der Waals surface area contributed by atoms with Crippen molar-refractivity contribution in [1.82, 2.24) is 9.80 Å². The number of esters is 1. The first-order valence-corrected chi connectivity index (χ1v) is 12.1. The van der Waals surface area contributed by atoms with Crippen molar-refractivity contribution in [2.75, 3.05) is 12.9 Å². The molecule has 2 amide bonds. The van der Waals surface area contributed by atoms with Crippen molar-refractivity contribution in [1.29, 1.82) is 0 Å². The van der Waals surface area contributed by atoms with Gasteiger partial charge in [0, 0.05) is 30.5 Å². The van der Waals surface area contributed by atoms with E-state index >= 15 is 0 Å². The third kappa shape index (κ3) is 5.06. The number of carbonyl (C=O) groups is 2. The second-order valence-electron chi connectivity index (χ2n) is 8.26. The Balaban J connectivity index is 1.49. The molecule has 0 unspecified atom stereocenters. The number of fused-ring (bicyclic) bond motifs is 1. The predicted molar refractivity (Wildman–Crippen MR) is 124 cm³/mol. The number of rotatable bonds is 9. The van der Waals surface area contributed by atoms with Gasteiger partial charge in [0.25, 0.3) is 0 Å². The summed E-state index contributed by atoms with van der Waals surface area (Å²) in [4.78, 5) is 29.1. The van der Waals surface area contributed by atoms with Crippen LogP contribution in [0.2, 0.25) is 0 Å². The predicted octanol–water partition coefficient (Wildman–Crippen LogP) is 4.71. The van der Waals surface area contributed by atoms with E-state index in [-0.39, 0.29) is 24.1 Å². The highest BCUT2D eigenvalue weighted by Gasteiger charge is 2.52. The fourth-order valence-electron chi connectivity index (χ4n) is 4.67. The Kier molecular flexibility index (Phi) is 7.17. The van der Waals surface area contributed by atoms with Gasteiger partial charge in [0.05, 0.1) is 19.2 Å². The van der Waals surface area contributed by atoms with Crippen LogP contribution in [0.5, 0.6) is 0 Å². The molecule has 2 aromatic rings. The zero-order valence-electron chi connectivity index (χ0n) is 18.0. The van der Waals surface area contributed by atoms with Gasteiger partial charge in [-0.05, 0) is 24.0 Å². The monoisotopic (exact) mass is 438 g/mol. The van der Waals surface area contributed by atoms with Gasteiger partial charge in [0.15, 0.2) is 0 Å². The van der Waals surface area contributed by atoms with E-state index in [9.17, 15) is 9.59 Å². The summed E-state index contributed by atoms with van der Waals surface area (Å²) in [5, 5.41) is 0.399. The molecule has 164 valence electrons. The van der Waals surface area contributed by atoms with E-state index in [2.05, 4.69) is 34.1 Å². The summed E-state index contributed by atoms with van der Waals surface area (Å²) in [6.07, 6.45) is 3.29. The summed E-state index contributed by atoms with van der Waals surface area (Å²) in [7, 11) is 1.44. The number of nitrogens with zero attached hydrogens (tertiary/aromatic N) is 2. The Bertz CT molecular complexity index is 877. The van der Waals surface area contributed by atoms with Crippen molar-refractivity contribution in [3.8, 4) is 0 Å². The third-order valence-corrected chi connectivity index (χ3v) is 7.72. The molecule has 0 aromatic heterocycles. The van der Waals surface area contributed by atoms with Gasteiger partial charge < -0.3 is 14.5 Å². The number of benzene rings is 2. The summed E-state index contributed by atoms with van der Waals surface area (Å²) >= 11 is 1.98. The van der Waals surface area contributed by atoms with Gasteiger partial charge in [-0.15, -0.1) is 0 Å². The Morgan fingerprint density at radius 3 is 2.19 bits per heavy atom. The van der Waals surface area contributed by atoms with Gasteiger partial charge in [-0.25, -0.2) is 4.79 Å². The van der Waals surface area contributed by atoms with E-state index in [1.54, 1.807) is 0 Å². The van der Waals surface area contributed by atoms with E-state index in [4.69, 9.17) is 4.74 Å². The molecule has 0 aliphatic carbocycles. The number of unbranched alkanes of at least 4 members (excludes halogenated alkanes) is 1. The van der Waals surface area contributed by atoms with Crippen molar-refractivity contribution < 1.29 is 14.3 Å². The first kappa shape index (κ1) is 21.8. The van der Waals surface area contributed by atoms with E-state index < -0.39 is 0 Å². The van der Waals surface area contributed by atoms with E-state index in [1.165, 1.54) is 12.7 Å². The Morgan fingerprint density at radius 2 is 1.58 bits per heavy atom. The second-order valence-corrected chi connectivity index (χ2v) is 9.53. The molecule has 0 spiro atoms. The lowest BCUT2D eigenvalue weighted by Crippen LogP contribution is -2.40. The summed E-state index contributed by atoms with van der Waals surface area (Å²) in [6.45, 7) is 1.30. The molecule has 2 fully saturated rings. The Labute approximate surface area is 188 Å². The highest BCUT2D eigenvalue weighted by molar-refractivity contribution is 8.00. The van der Waals surface area contributed by atoms with Crippen molar-refractivity contribution in [3.05, 3.63) is 71.8 Å². The number of hydrogen-bond acceptors (Lipinski definition) is 4. The lowest BCUT2D eigenvalue weighted by molar-refractivity contribution is -0.140. The van der Waals surface area contributed by atoms with Gasteiger partial charge in [0.1, 0.15) is 0 Å². The number of urea groups is 1. The van der Waals surface area contributed by atoms with Crippen LogP contribution in [0.25, 0.3) is 0 Å². The molecule has 2 aliphatic rings. The molecule has 2 heterocycles. The number of ether oxygens (including phenoxy) is 1. The van der Waals surface area contributed by atoms with E-state index in [1.807, 2.05) is 48.2 Å². The molecule has 0 saturated carbocycles. The summed E-state index contributed by atoms with van der Waals surface area (Å²) in [5.74, 6) is 0.823. The maximum absolute atomic E-state index is 13.5. The van der Waals surface area contributed by atoms with Crippen LogP contribution in [0.4, 0.5) is 4.79 Å².